The minimum absolute atomic E-state index is 0.0547. The van der Waals surface area contributed by atoms with Gasteiger partial charge < -0.3 is 10.8 Å². The first kappa shape index (κ1) is 10.6. The molecule has 0 radical (unpaired) electrons. The van der Waals surface area contributed by atoms with Crippen molar-refractivity contribution < 1.29 is 10.0 Å². The van der Waals surface area contributed by atoms with Crippen molar-refractivity contribution in [2.45, 2.75) is 19.1 Å². The molecule has 1 aromatic carbocycles. The molecule has 0 unspecified atom stereocenters. The van der Waals surface area contributed by atoms with Crippen LogP contribution in [0.2, 0.25) is 0 Å². The van der Waals surface area contributed by atoms with E-state index < -0.39 is 17.1 Å². The lowest BCUT2D eigenvalue weighted by Crippen LogP contribution is -2.23. The Morgan fingerprint density at radius 1 is 1.50 bits per heavy atom. The van der Waals surface area contributed by atoms with Gasteiger partial charge in [-0.3, -0.25) is 10.1 Å². The first-order valence-corrected chi connectivity index (χ1v) is 4.21. The molecule has 2 atom stereocenters. The zero-order chi connectivity index (χ0) is 10.7. The third-order valence-electron chi connectivity index (χ3n) is 2.01. The van der Waals surface area contributed by atoms with Crippen LogP contribution < -0.4 is 5.73 Å². The second-order valence-electron chi connectivity index (χ2n) is 3.08. The topological polar surface area (TPSA) is 89.4 Å². The lowest BCUT2D eigenvalue weighted by Gasteiger charge is -2.14. The molecule has 0 aliphatic heterocycles. The molecule has 0 aliphatic carbocycles. The lowest BCUT2D eigenvalue weighted by atomic mass is 10.0. The number of hydrogen-bond acceptors (Lipinski definition) is 4. The Bertz CT molecular complexity index is 339. The molecule has 3 N–H and O–H groups in total. The molecule has 5 nitrogen and oxygen atoms in total. The third-order valence-corrected chi connectivity index (χ3v) is 2.01. The Labute approximate surface area is 81.3 Å². The summed E-state index contributed by atoms with van der Waals surface area (Å²) in [7, 11) is 0. The minimum atomic E-state index is -0.809. The van der Waals surface area contributed by atoms with Crippen LogP contribution in [0.3, 0.4) is 0 Å². The molecule has 0 saturated carbocycles. The number of nitro benzene ring substituents is 1. The maximum Gasteiger partial charge on any atom is 0.274 e. The summed E-state index contributed by atoms with van der Waals surface area (Å²) in [6, 6.07) is 5.42. The molecule has 0 aromatic heterocycles. The number of nitrogens with two attached hydrogens (primary N) is 1. The van der Waals surface area contributed by atoms with Gasteiger partial charge in [0, 0.05) is 11.6 Å². The van der Waals surface area contributed by atoms with Gasteiger partial charge in [0.15, 0.2) is 0 Å². The van der Waals surface area contributed by atoms with Crippen molar-refractivity contribution in [3.63, 3.8) is 0 Å². The van der Waals surface area contributed by atoms with Gasteiger partial charge in [-0.15, -0.1) is 0 Å². The van der Waals surface area contributed by atoms with Gasteiger partial charge in [-0.2, -0.15) is 0 Å². The highest BCUT2D eigenvalue weighted by molar-refractivity contribution is 5.42. The molecule has 0 heterocycles. The largest absolute Gasteiger partial charge is 0.391 e. The first-order chi connectivity index (χ1) is 6.54. The number of aliphatic hydroxyl groups excluding tert-OH is 1. The van der Waals surface area contributed by atoms with Crippen molar-refractivity contribution >= 4 is 5.69 Å². The number of rotatable bonds is 3. The smallest absolute Gasteiger partial charge is 0.274 e. The van der Waals surface area contributed by atoms with E-state index in [1.165, 1.54) is 13.0 Å². The zero-order valence-electron chi connectivity index (χ0n) is 7.75. The molecular weight excluding hydrogens is 184 g/mol. The zero-order valence-corrected chi connectivity index (χ0v) is 7.75. The molecule has 5 heteroatoms. The second kappa shape index (κ2) is 4.17. The van der Waals surface area contributed by atoms with Crippen LogP contribution in [0.5, 0.6) is 0 Å². The Kier molecular flexibility index (Phi) is 3.16. The van der Waals surface area contributed by atoms with Crippen LogP contribution in [0.4, 0.5) is 5.69 Å². The normalized spacial score (nSPS) is 14.8. The van der Waals surface area contributed by atoms with Crippen molar-refractivity contribution in [1.29, 1.82) is 0 Å². The highest BCUT2D eigenvalue weighted by Crippen LogP contribution is 2.24. The van der Waals surface area contributed by atoms with Crippen LogP contribution >= 0.6 is 0 Å². The molecule has 0 saturated heterocycles. The summed E-state index contributed by atoms with van der Waals surface area (Å²) in [5.74, 6) is 0. The van der Waals surface area contributed by atoms with Crippen molar-refractivity contribution in [2.75, 3.05) is 0 Å². The maximum absolute atomic E-state index is 10.6. The molecule has 76 valence electrons. The summed E-state index contributed by atoms with van der Waals surface area (Å²) in [5, 5.41) is 19.9. The standard InChI is InChI=1S/C9H12N2O3/c1-6(12)9(10)7-4-2-3-5-8(7)11(13)14/h2-6,9,12H,10H2,1H3/t6-,9-/m0/s1. The van der Waals surface area contributed by atoms with E-state index >= 15 is 0 Å². The fourth-order valence-electron chi connectivity index (χ4n) is 1.20. The molecular formula is C9H12N2O3. The van der Waals surface area contributed by atoms with Gasteiger partial charge >= 0.3 is 0 Å². The van der Waals surface area contributed by atoms with Crippen LogP contribution in [0, 0.1) is 10.1 Å². The van der Waals surface area contributed by atoms with E-state index in [4.69, 9.17) is 5.73 Å². The summed E-state index contributed by atoms with van der Waals surface area (Å²) in [6.07, 6.45) is -0.809. The van der Waals surface area contributed by atoms with Crippen molar-refractivity contribution in [3.8, 4) is 0 Å². The third kappa shape index (κ3) is 2.07. The Morgan fingerprint density at radius 2 is 2.07 bits per heavy atom. The van der Waals surface area contributed by atoms with Crippen LogP contribution in [0.15, 0.2) is 24.3 Å². The molecule has 0 amide bonds. The SMILES string of the molecule is C[C@H](O)[C@H](N)c1ccccc1[N+](=O)[O-]. The Hall–Kier alpha value is -1.46. The van der Waals surface area contributed by atoms with E-state index in [9.17, 15) is 15.2 Å². The van der Waals surface area contributed by atoms with E-state index in [1.54, 1.807) is 18.2 Å². The van der Waals surface area contributed by atoms with Gasteiger partial charge in [0.2, 0.25) is 0 Å². The van der Waals surface area contributed by atoms with Crippen LogP contribution in [-0.4, -0.2) is 16.1 Å². The molecule has 0 bridgehead atoms. The van der Waals surface area contributed by atoms with Crippen molar-refractivity contribution in [1.82, 2.24) is 0 Å². The number of nitrogens with zero attached hydrogens (tertiary/aromatic N) is 1. The summed E-state index contributed by atoms with van der Waals surface area (Å²) in [5.41, 5.74) is 5.92. The van der Waals surface area contributed by atoms with Crippen LogP contribution in [0.25, 0.3) is 0 Å². The predicted molar refractivity (Wildman–Crippen MR) is 51.7 cm³/mol. The Balaban J connectivity index is 3.13. The van der Waals surface area contributed by atoms with Crippen LogP contribution in [-0.2, 0) is 0 Å². The minimum Gasteiger partial charge on any atom is -0.391 e. The van der Waals surface area contributed by atoms with E-state index in [2.05, 4.69) is 0 Å². The fraction of sp³-hybridized carbons (Fsp3) is 0.333. The van der Waals surface area contributed by atoms with Crippen molar-refractivity contribution in [2.24, 2.45) is 5.73 Å². The second-order valence-corrected chi connectivity index (χ2v) is 3.08. The molecule has 1 rings (SSSR count). The maximum atomic E-state index is 10.6. The number of para-hydroxylation sites is 1. The summed E-state index contributed by atoms with van der Waals surface area (Å²) >= 11 is 0. The highest BCUT2D eigenvalue weighted by atomic mass is 16.6. The monoisotopic (exact) mass is 196 g/mol. The highest BCUT2D eigenvalue weighted by Gasteiger charge is 2.21. The number of nitro groups is 1. The average Bonchev–Trinajstić information content (AvgIpc) is 2.16. The van der Waals surface area contributed by atoms with Crippen LogP contribution in [0.1, 0.15) is 18.5 Å². The summed E-state index contributed by atoms with van der Waals surface area (Å²) in [6.45, 7) is 1.50. The fourth-order valence-corrected chi connectivity index (χ4v) is 1.20. The van der Waals surface area contributed by atoms with Gasteiger partial charge in [0.1, 0.15) is 0 Å². The quantitative estimate of drug-likeness (QED) is 0.557. The van der Waals surface area contributed by atoms with Gasteiger partial charge in [-0.1, -0.05) is 18.2 Å². The molecule has 0 fully saturated rings. The van der Waals surface area contributed by atoms with Crippen molar-refractivity contribution in [3.05, 3.63) is 39.9 Å². The van der Waals surface area contributed by atoms with Gasteiger partial charge in [0.05, 0.1) is 17.1 Å². The van der Waals surface area contributed by atoms with E-state index in [0.29, 0.717) is 5.56 Å². The summed E-state index contributed by atoms with van der Waals surface area (Å²) < 4.78 is 0. The Morgan fingerprint density at radius 3 is 2.57 bits per heavy atom. The molecule has 14 heavy (non-hydrogen) atoms. The van der Waals surface area contributed by atoms with E-state index in [1.807, 2.05) is 0 Å². The van der Waals surface area contributed by atoms with Gasteiger partial charge in [0.25, 0.3) is 5.69 Å². The summed E-state index contributed by atoms with van der Waals surface area (Å²) in [4.78, 5) is 10.1. The number of benzene rings is 1. The lowest BCUT2D eigenvalue weighted by molar-refractivity contribution is -0.385. The average molecular weight is 196 g/mol. The number of aliphatic hydroxyl groups is 1. The van der Waals surface area contributed by atoms with E-state index in [-0.39, 0.29) is 5.69 Å². The van der Waals surface area contributed by atoms with Gasteiger partial charge in [-0.25, -0.2) is 0 Å². The van der Waals surface area contributed by atoms with E-state index in [0.717, 1.165) is 0 Å². The van der Waals surface area contributed by atoms with Gasteiger partial charge in [-0.05, 0) is 6.92 Å². The molecule has 0 aliphatic rings. The predicted octanol–water partition coefficient (Wildman–Crippen LogP) is 0.975. The molecule has 1 aromatic rings. The first-order valence-electron chi connectivity index (χ1n) is 4.21. The number of hydrogen-bond donors (Lipinski definition) is 2. The molecule has 0 spiro atoms.